The van der Waals surface area contributed by atoms with Crippen molar-refractivity contribution in [2.24, 2.45) is 0 Å². The van der Waals surface area contributed by atoms with E-state index in [0.29, 0.717) is 5.69 Å². The number of amides is 1. The second-order valence-electron chi connectivity index (χ2n) is 4.73. The van der Waals surface area contributed by atoms with Gasteiger partial charge in [0.05, 0.1) is 5.69 Å². The monoisotopic (exact) mass is 258 g/mol. The van der Waals surface area contributed by atoms with Crippen molar-refractivity contribution in [2.75, 3.05) is 0 Å². The molecule has 1 aromatic heterocycles. The maximum atomic E-state index is 11.8. The third-order valence-electron chi connectivity index (χ3n) is 2.94. The summed E-state index contributed by atoms with van der Waals surface area (Å²) in [6.45, 7) is 3.78. The minimum Gasteiger partial charge on any atom is -0.351 e. The van der Waals surface area contributed by atoms with Gasteiger partial charge in [-0.3, -0.25) is 4.79 Å². The van der Waals surface area contributed by atoms with Crippen LogP contribution < -0.4 is 5.32 Å². The minimum absolute atomic E-state index is 0.0955. The lowest BCUT2D eigenvalue weighted by molar-refractivity contribution is 0.0901. The van der Waals surface area contributed by atoms with Crippen molar-refractivity contribution in [1.29, 1.82) is 0 Å². The van der Waals surface area contributed by atoms with Crippen LogP contribution in [0, 0.1) is 6.92 Å². The number of carbonyl (C=O) groups is 1. The molecule has 1 N–H and O–H groups in total. The zero-order valence-corrected chi connectivity index (χ0v) is 11.2. The van der Waals surface area contributed by atoms with Gasteiger partial charge in [0.15, 0.2) is 0 Å². The first kappa shape index (κ1) is 13.3. The Labute approximate surface area is 112 Å². The molecule has 4 nitrogen and oxygen atoms in total. The molecule has 0 fully saturated rings. The summed E-state index contributed by atoms with van der Waals surface area (Å²) in [7, 11) is 0. The fourth-order valence-electron chi connectivity index (χ4n) is 1.87. The molecule has 1 amide bonds. The van der Waals surface area contributed by atoms with E-state index in [2.05, 4.69) is 22.6 Å². The molecule has 0 radical (unpaired) electrons. The quantitative estimate of drug-likeness (QED) is 0.897. The lowest BCUT2D eigenvalue weighted by Gasteiger charge is -2.12. The Morgan fingerprint density at radius 3 is 2.74 bits per heavy atom. The first-order valence-corrected chi connectivity index (χ1v) is 6.43. The minimum atomic E-state index is -0.207. The molecule has 1 heterocycles. The van der Waals surface area contributed by atoms with Crippen molar-refractivity contribution in [3.63, 3.8) is 0 Å². The fraction of sp³-hybridized carbons (Fsp3) is 0.333. The van der Waals surface area contributed by atoms with Gasteiger partial charge in [-0.2, -0.15) is 0 Å². The van der Waals surface area contributed by atoms with E-state index >= 15 is 0 Å². The molecule has 2 aromatic rings. The molecule has 0 spiro atoms. The Hall–Kier alpha value is -2.10. The van der Waals surface area contributed by atoms with Crippen LogP contribution in [0.25, 0.3) is 0 Å². The molecule has 0 bridgehead atoms. The topological polar surface area (TPSA) is 55.1 Å². The number of hydrogen-bond acceptors (Lipinski definition) is 3. The highest BCUT2D eigenvalue weighted by molar-refractivity contribution is 5.91. The van der Waals surface area contributed by atoms with E-state index in [1.54, 1.807) is 13.0 Å². The molecule has 2 rings (SSSR count). The molecular weight excluding hydrogens is 240 g/mol. The fourth-order valence-corrected chi connectivity index (χ4v) is 1.87. The van der Waals surface area contributed by atoms with Crippen molar-refractivity contribution >= 4 is 5.91 Å². The summed E-state index contributed by atoms with van der Waals surface area (Å²) in [4.78, 5) is 11.8. The Kier molecular flexibility index (Phi) is 4.34. The van der Waals surface area contributed by atoms with E-state index in [-0.39, 0.29) is 17.7 Å². The van der Waals surface area contributed by atoms with Crippen molar-refractivity contribution in [3.05, 3.63) is 53.4 Å². The van der Waals surface area contributed by atoms with E-state index in [1.807, 2.05) is 25.1 Å². The van der Waals surface area contributed by atoms with Crippen LogP contribution in [0.2, 0.25) is 0 Å². The molecule has 0 saturated carbocycles. The van der Waals surface area contributed by atoms with Gasteiger partial charge < -0.3 is 9.84 Å². The maximum Gasteiger partial charge on any atom is 0.290 e. The Morgan fingerprint density at radius 2 is 2.11 bits per heavy atom. The highest BCUT2D eigenvalue weighted by atomic mass is 16.5. The molecule has 4 heteroatoms. The van der Waals surface area contributed by atoms with Gasteiger partial charge in [0.2, 0.25) is 5.76 Å². The van der Waals surface area contributed by atoms with E-state index in [9.17, 15) is 4.79 Å². The summed E-state index contributed by atoms with van der Waals surface area (Å²) in [5, 5.41) is 6.61. The van der Waals surface area contributed by atoms with Crippen molar-refractivity contribution in [1.82, 2.24) is 10.5 Å². The van der Waals surface area contributed by atoms with Crippen LogP contribution in [-0.2, 0) is 6.42 Å². The normalized spacial score (nSPS) is 12.1. The number of benzene rings is 1. The zero-order chi connectivity index (χ0) is 13.7. The molecule has 0 unspecified atom stereocenters. The largest absolute Gasteiger partial charge is 0.351 e. The standard InChI is InChI=1S/C15H18N2O2/c1-11(8-9-13-6-4-3-5-7-13)16-15(18)14-10-12(2)17-19-14/h3-7,10-11H,8-9H2,1-2H3,(H,16,18)/t11-/m1/s1. The summed E-state index contributed by atoms with van der Waals surface area (Å²) in [6.07, 6.45) is 1.83. The highest BCUT2D eigenvalue weighted by Gasteiger charge is 2.14. The highest BCUT2D eigenvalue weighted by Crippen LogP contribution is 2.06. The number of nitrogens with zero attached hydrogens (tertiary/aromatic N) is 1. The van der Waals surface area contributed by atoms with E-state index in [4.69, 9.17) is 4.52 Å². The van der Waals surface area contributed by atoms with Gasteiger partial charge in [-0.05, 0) is 32.3 Å². The maximum absolute atomic E-state index is 11.8. The third kappa shape index (κ3) is 3.95. The summed E-state index contributed by atoms with van der Waals surface area (Å²) >= 11 is 0. The predicted molar refractivity (Wildman–Crippen MR) is 72.9 cm³/mol. The summed E-state index contributed by atoms with van der Waals surface area (Å²) < 4.78 is 4.93. The van der Waals surface area contributed by atoms with Crippen molar-refractivity contribution < 1.29 is 9.32 Å². The van der Waals surface area contributed by atoms with Gasteiger partial charge in [-0.15, -0.1) is 0 Å². The van der Waals surface area contributed by atoms with Crippen LogP contribution in [0.15, 0.2) is 40.9 Å². The Morgan fingerprint density at radius 1 is 1.37 bits per heavy atom. The average molecular weight is 258 g/mol. The van der Waals surface area contributed by atoms with E-state index in [0.717, 1.165) is 12.8 Å². The zero-order valence-electron chi connectivity index (χ0n) is 11.2. The molecule has 0 aliphatic carbocycles. The molecule has 1 atom stereocenters. The lowest BCUT2D eigenvalue weighted by Crippen LogP contribution is -2.32. The number of aromatic nitrogens is 1. The van der Waals surface area contributed by atoms with Gasteiger partial charge in [-0.1, -0.05) is 35.5 Å². The molecule has 0 aliphatic heterocycles. The van der Waals surface area contributed by atoms with Gasteiger partial charge in [0.1, 0.15) is 0 Å². The number of nitrogens with one attached hydrogen (secondary N) is 1. The molecule has 0 aliphatic rings. The van der Waals surface area contributed by atoms with Gasteiger partial charge in [0.25, 0.3) is 5.91 Å². The van der Waals surface area contributed by atoms with Crippen LogP contribution in [0.4, 0.5) is 0 Å². The Balaban J connectivity index is 1.81. The molecule has 0 saturated heterocycles. The number of carbonyl (C=O) groups excluding carboxylic acids is 1. The van der Waals surface area contributed by atoms with Gasteiger partial charge in [0, 0.05) is 12.1 Å². The van der Waals surface area contributed by atoms with Crippen molar-refractivity contribution in [2.45, 2.75) is 32.7 Å². The SMILES string of the molecule is Cc1cc(C(=O)N[C@H](C)CCc2ccccc2)on1. The second-order valence-corrected chi connectivity index (χ2v) is 4.73. The summed E-state index contributed by atoms with van der Waals surface area (Å²) in [5.41, 5.74) is 1.99. The van der Waals surface area contributed by atoms with Gasteiger partial charge >= 0.3 is 0 Å². The first-order chi connectivity index (χ1) is 9.15. The second kappa shape index (κ2) is 6.18. The number of aryl methyl sites for hydroxylation is 2. The summed E-state index contributed by atoms with van der Waals surface area (Å²) in [5.74, 6) is 0.0604. The van der Waals surface area contributed by atoms with Crippen LogP contribution in [0.5, 0.6) is 0 Å². The van der Waals surface area contributed by atoms with Crippen molar-refractivity contribution in [3.8, 4) is 0 Å². The first-order valence-electron chi connectivity index (χ1n) is 6.43. The molecule has 100 valence electrons. The molecule has 1 aromatic carbocycles. The van der Waals surface area contributed by atoms with E-state index in [1.165, 1.54) is 5.56 Å². The van der Waals surface area contributed by atoms with Crippen LogP contribution >= 0.6 is 0 Å². The van der Waals surface area contributed by atoms with Crippen LogP contribution in [-0.4, -0.2) is 17.1 Å². The van der Waals surface area contributed by atoms with Crippen LogP contribution in [0.1, 0.15) is 35.2 Å². The molecular formula is C15H18N2O2. The lowest BCUT2D eigenvalue weighted by atomic mass is 10.1. The predicted octanol–water partition coefficient (Wildman–Crippen LogP) is 2.73. The van der Waals surface area contributed by atoms with E-state index < -0.39 is 0 Å². The number of hydrogen-bond donors (Lipinski definition) is 1. The molecule has 19 heavy (non-hydrogen) atoms. The van der Waals surface area contributed by atoms with Gasteiger partial charge in [-0.25, -0.2) is 0 Å². The third-order valence-corrected chi connectivity index (χ3v) is 2.94. The van der Waals surface area contributed by atoms with Crippen LogP contribution in [0.3, 0.4) is 0 Å². The number of rotatable bonds is 5. The summed E-state index contributed by atoms with van der Waals surface area (Å²) in [6, 6.07) is 12.0. The Bertz CT molecular complexity index is 534. The average Bonchev–Trinajstić information content (AvgIpc) is 2.84. The smallest absolute Gasteiger partial charge is 0.290 e.